The first-order valence-corrected chi connectivity index (χ1v) is 5.91. The molecule has 0 aliphatic heterocycles. The van der Waals surface area contributed by atoms with E-state index in [0.29, 0.717) is 17.4 Å². The van der Waals surface area contributed by atoms with Crippen molar-refractivity contribution in [2.45, 2.75) is 32.8 Å². The molecule has 0 spiro atoms. The van der Waals surface area contributed by atoms with Crippen LogP contribution in [0.2, 0.25) is 0 Å². The Morgan fingerprint density at radius 2 is 2.26 bits per heavy atom. The second-order valence-electron chi connectivity index (χ2n) is 4.41. The first-order valence-electron chi connectivity index (χ1n) is 5.91. The van der Waals surface area contributed by atoms with Crippen LogP contribution in [0.1, 0.15) is 23.4 Å². The highest BCUT2D eigenvalue weighted by atomic mass is 16.5. The third-order valence-corrected chi connectivity index (χ3v) is 2.63. The highest BCUT2D eigenvalue weighted by Crippen LogP contribution is 2.19. The maximum absolute atomic E-state index is 9.51. The van der Waals surface area contributed by atoms with E-state index in [1.807, 2.05) is 26.0 Å². The van der Waals surface area contributed by atoms with Crippen molar-refractivity contribution in [3.05, 3.63) is 29.3 Å². The molecule has 0 saturated heterocycles. The van der Waals surface area contributed by atoms with Crippen LogP contribution in [0, 0.1) is 25.2 Å². The van der Waals surface area contributed by atoms with Gasteiger partial charge in [-0.25, -0.2) is 0 Å². The molecule has 19 heavy (non-hydrogen) atoms. The molecular formula is C13H14N4O2. The molecule has 6 heteroatoms. The van der Waals surface area contributed by atoms with Gasteiger partial charge in [-0.2, -0.15) is 10.2 Å². The summed E-state index contributed by atoms with van der Waals surface area (Å²) in [5, 5.41) is 21.8. The molecule has 0 fully saturated rings. The fraction of sp³-hybridized carbons (Fsp3) is 0.385. The minimum atomic E-state index is -0.787. The van der Waals surface area contributed by atoms with E-state index >= 15 is 0 Å². The van der Waals surface area contributed by atoms with Gasteiger partial charge < -0.3 is 9.63 Å². The molecule has 98 valence electrons. The minimum Gasteiger partial charge on any atom is -0.392 e. The average molecular weight is 258 g/mol. The van der Waals surface area contributed by atoms with Crippen molar-refractivity contribution in [3.63, 3.8) is 0 Å². The topological polar surface area (TPSA) is 95.8 Å². The van der Waals surface area contributed by atoms with Crippen LogP contribution in [-0.2, 0) is 6.42 Å². The van der Waals surface area contributed by atoms with E-state index in [1.54, 1.807) is 6.20 Å². The minimum absolute atomic E-state index is 0.0412. The van der Waals surface area contributed by atoms with Crippen LogP contribution in [0.15, 0.2) is 16.8 Å². The zero-order valence-electron chi connectivity index (χ0n) is 10.8. The number of pyridine rings is 1. The summed E-state index contributed by atoms with van der Waals surface area (Å²) in [4.78, 5) is 8.46. The van der Waals surface area contributed by atoms with Gasteiger partial charge in [-0.15, -0.1) is 0 Å². The van der Waals surface area contributed by atoms with Gasteiger partial charge in [0.2, 0.25) is 11.7 Å². The van der Waals surface area contributed by atoms with Gasteiger partial charge in [0.15, 0.2) is 0 Å². The Bertz CT molecular complexity index is 615. The third kappa shape index (κ3) is 3.14. The number of aliphatic hydroxyl groups is 1. The molecule has 1 N–H and O–H groups in total. The summed E-state index contributed by atoms with van der Waals surface area (Å²) in [7, 11) is 0. The van der Waals surface area contributed by atoms with Gasteiger partial charge in [-0.1, -0.05) is 11.2 Å². The van der Waals surface area contributed by atoms with Gasteiger partial charge in [0.1, 0.15) is 5.69 Å². The number of aliphatic hydroxyl groups excluding tert-OH is 1. The lowest BCUT2D eigenvalue weighted by Gasteiger charge is -2.01. The van der Waals surface area contributed by atoms with Crippen molar-refractivity contribution in [1.29, 1.82) is 5.26 Å². The van der Waals surface area contributed by atoms with Crippen molar-refractivity contribution in [1.82, 2.24) is 15.1 Å². The fourth-order valence-corrected chi connectivity index (χ4v) is 1.76. The lowest BCUT2D eigenvalue weighted by atomic mass is 10.1. The Balaban J connectivity index is 2.19. The second kappa shape index (κ2) is 5.59. The lowest BCUT2D eigenvalue weighted by Crippen LogP contribution is -2.09. The Labute approximate surface area is 110 Å². The normalized spacial score (nSPS) is 12.1. The molecule has 0 aliphatic carbocycles. The van der Waals surface area contributed by atoms with E-state index in [0.717, 1.165) is 11.1 Å². The van der Waals surface area contributed by atoms with Crippen LogP contribution in [0.4, 0.5) is 0 Å². The monoisotopic (exact) mass is 258 g/mol. The molecule has 0 amide bonds. The number of rotatable bonds is 4. The van der Waals surface area contributed by atoms with Crippen LogP contribution < -0.4 is 0 Å². The SMILES string of the molecule is Cc1cnc(-c2noc(CC(O)CC#N)n2)c(C)c1. The van der Waals surface area contributed by atoms with Gasteiger partial charge >= 0.3 is 0 Å². The lowest BCUT2D eigenvalue weighted by molar-refractivity contribution is 0.167. The molecular weight excluding hydrogens is 244 g/mol. The molecule has 0 bridgehead atoms. The third-order valence-electron chi connectivity index (χ3n) is 2.63. The number of hydrogen-bond donors (Lipinski definition) is 1. The van der Waals surface area contributed by atoms with E-state index < -0.39 is 6.10 Å². The molecule has 2 heterocycles. The van der Waals surface area contributed by atoms with Gasteiger partial charge in [0.05, 0.1) is 25.0 Å². The van der Waals surface area contributed by atoms with E-state index in [-0.39, 0.29) is 12.8 Å². The van der Waals surface area contributed by atoms with Crippen molar-refractivity contribution < 1.29 is 9.63 Å². The highest BCUT2D eigenvalue weighted by Gasteiger charge is 2.15. The Hall–Kier alpha value is -2.26. The van der Waals surface area contributed by atoms with Crippen LogP contribution in [-0.4, -0.2) is 26.3 Å². The second-order valence-corrected chi connectivity index (χ2v) is 4.41. The fourth-order valence-electron chi connectivity index (χ4n) is 1.76. The summed E-state index contributed by atoms with van der Waals surface area (Å²) in [6, 6.07) is 3.88. The smallest absolute Gasteiger partial charge is 0.229 e. The number of nitriles is 1. The summed E-state index contributed by atoms with van der Waals surface area (Å²) in [5.74, 6) is 0.705. The number of aryl methyl sites for hydroxylation is 2. The van der Waals surface area contributed by atoms with E-state index in [9.17, 15) is 5.11 Å². The Kier molecular flexibility index (Phi) is 3.88. The summed E-state index contributed by atoms with van der Waals surface area (Å²) < 4.78 is 5.05. The number of nitrogens with zero attached hydrogens (tertiary/aromatic N) is 4. The van der Waals surface area contributed by atoms with E-state index in [2.05, 4.69) is 15.1 Å². The van der Waals surface area contributed by atoms with Crippen LogP contribution in [0.3, 0.4) is 0 Å². The van der Waals surface area contributed by atoms with Crippen molar-refractivity contribution in [2.24, 2.45) is 0 Å². The molecule has 1 unspecified atom stereocenters. The van der Waals surface area contributed by atoms with Gasteiger partial charge in [-0.05, 0) is 25.0 Å². The van der Waals surface area contributed by atoms with Crippen LogP contribution in [0.25, 0.3) is 11.5 Å². The molecule has 0 radical (unpaired) electrons. The number of hydrogen-bond acceptors (Lipinski definition) is 6. The number of aromatic nitrogens is 3. The first-order chi connectivity index (χ1) is 9.10. The molecule has 1 atom stereocenters. The first kappa shape index (κ1) is 13.2. The van der Waals surface area contributed by atoms with Gasteiger partial charge in [-0.3, -0.25) is 4.98 Å². The Morgan fingerprint density at radius 3 is 2.95 bits per heavy atom. The molecule has 0 aromatic carbocycles. The van der Waals surface area contributed by atoms with E-state index in [4.69, 9.17) is 9.78 Å². The average Bonchev–Trinajstić information content (AvgIpc) is 2.77. The molecule has 2 aromatic heterocycles. The predicted octanol–water partition coefficient (Wildman–Crippen LogP) is 1.57. The molecule has 2 rings (SSSR count). The molecule has 2 aromatic rings. The summed E-state index contributed by atoms with van der Waals surface area (Å²) in [5.41, 5.74) is 2.69. The highest BCUT2D eigenvalue weighted by molar-refractivity contribution is 5.53. The van der Waals surface area contributed by atoms with Gasteiger partial charge in [0.25, 0.3) is 0 Å². The molecule has 0 aliphatic rings. The Morgan fingerprint density at radius 1 is 1.47 bits per heavy atom. The largest absolute Gasteiger partial charge is 0.392 e. The maximum Gasteiger partial charge on any atom is 0.229 e. The van der Waals surface area contributed by atoms with Gasteiger partial charge in [0, 0.05) is 6.20 Å². The quantitative estimate of drug-likeness (QED) is 0.894. The molecule has 6 nitrogen and oxygen atoms in total. The standard InChI is InChI=1S/C13H14N4O2/c1-8-5-9(2)12(15-7-8)13-16-11(19-17-13)6-10(18)3-4-14/h5,7,10,18H,3,6H2,1-2H3. The zero-order chi connectivity index (χ0) is 13.8. The predicted molar refractivity (Wildman–Crippen MR) is 66.9 cm³/mol. The van der Waals surface area contributed by atoms with E-state index in [1.165, 1.54) is 0 Å². The molecule has 0 saturated carbocycles. The van der Waals surface area contributed by atoms with Crippen molar-refractivity contribution in [3.8, 4) is 17.6 Å². The van der Waals surface area contributed by atoms with Crippen LogP contribution in [0.5, 0.6) is 0 Å². The summed E-state index contributed by atoms with van der Waals surface area (Å²) >= 11 is 0. The zero-order valence-corrected chi connectivity index (χ0v) is 10.8. The van der Waals surface area contributed by atoms with Crippen LogP contribution >= 0.6 is 0 Å². The summed E-state index contributed by atoms with van der Waals surface area (Å²) in [6.45, 7) is 3.89. The maximum atomic E-state index is 9.51. The van der Waals surface area contributed by atoms with Crippen molar-refractivity contribution in [2.75, 3.05) is 0 Å². The summed E-state index contributed by atoms with van der Waals surface area (Å²) in [6.07, 6.45) is 1.17. The van der Waals surface area contributed by atoms with Crippen molar-refractivity contribution >= 4 is 0 Å².